The normalized spacial score (nSPS) is 11.9. The molecule has 0 aliphatic carbocycles. The van der Waals surface area contributed by atoms with E-state index in [2.05, 4.69) is 13.9 Å². The summed E-state index contributed by atoms with van der Waals surface area (Å²) in [5.41, 5.74) is 0.369. The van der Waals surface area contributed by atoms with Crippen LogP contribution in [0.15, 0.2) is 53.6 Å². The average molecular weight is 328 g/mol. The molecule has 0 saturated carbocycles. The molecule has 0 unspecified atom stereocenters. The third-order valence-electron chi connectivity index (χ3n) is 2.24. The van der Waals surface area contributed by atoms with E-state index in [-0.39, 0.29) is 10.9 Å². The summed E-state index contributed by atoms with van der Waals surface area (Å²) in [5, 5.41) is -0.340. The van der Waals surface area contributed by atoms with E-state index in [9.17, 15) is 16.8 Å². The minimum Gasteiger partial charge on any atom is -0.362 e. The van der Waals surface area contributed by atoms with Crippen molar-refractivity contribution in [2.45, 2.75) is 5.03 Å². The molecule has 2 rings (SSSR count). The molecule has 2 aromatic rings. The van der Waals surface area contributed by atoms with Gasteiger partial charge in [-0.2, -0.15) is 21.8 Å². The molecule has 0 bridgehead atoms. The monoisotopic (exact) mass is 328 g/mol. The van der Waals surface area contributed by atoms with Crippen LogP contribution in [0.1, 0.15) is 0 Å². The zero-order valence-corrected chi connectivity index (χ0v) is 12.6. The fourth-order valence-corrected chi connectivity index (χ4v) is 2.88. The molecular formula is C12H12N2O5S2. The molecule has 21 heavy (non-hydrogen) atoms. The first-order valence-corrected chi connectivity index (χ1v) is 9.01. The molecule has 0 saturated heterocycles. The van der Waals surface area contributed by atoms with Gasteiger partial charge < -0.3 is 4.18 Å². The van der Waals surface area contributed by atoms with Gasteiger partial charge in [-0.05, 0) is 18.2 Å². The van der Waals surface area contributed by atoms with E-state index in [0.29, 0.717) is 5.69 Å². The molecule has 1 aromatic carbocycles. The molecule has 0 aliphatic rings. The standard InChI is InChI=1S/C12H12N2O5S2/c1-20(15,16)19-11-8-5-9-12(13-11)21(17,18)14-10-6-3-2-4-7-10/h2-9,14H,1H3. The maximum Gasteiger partial charge on any atom is 0.307 e. The van der Waals surface area contributed by atoms with Gasteiger partial charge in [0.2, 0.25) is 5.88 Å². The fraction of sp³-hybridized carbons (Fsp3) is 0.0833. The van der Waals surface area contributed by atoms with Crippen molar-refractivity contribution >= 4 is 25.8 Å². The SMILES string of the molecule is CS(=O)(=O)Oc1cccc(S(=O)(=O)Nc2ccccc2)n1. The van der Waals surface area contributed by atoms with Crippen LogP contribution in [-0.2, 0) is 20.1 Å². The first-order valence-electron chi connectivity index (χ1n) is 5.71. The van der Waals surface area contributed by atoms with Crippen LogP contribution in [0.5, 0.6) is 5.88 Å². The minimum atomic E-state index is -3.93. The third-order valence-corrected chi connectivity index (χ3v) is 3.99. The molecule has 1 heterocycles. The summed E-state index contributed by atoms with van der Waals surface area (Å²) in [5.74, 6) is -0.312. The van der Waals surface area contributed by atoms with Crippen LogP contribution in [0.2, 0.25) is 0 Å². The number of para-hydroxylation sites is 1. The number of pyridine rings is 1. The Morgan fingerprint density at radius 2 is 1.62 bits per heavy atom. The van der Waals surface area contributed by atoms with Crippen LogP contribution in [0.4, 0.5) is 5.69 Å². The molecule has 0 amide bonds. The highest BCUT2D eigenvalue weighted by molar-refractivity contribution is 7.92. The largest absolute Gasteiger partial charge is 0.362 e. The smallest absolute Gasteiger partial charge is 0.307 e. The summed E-state index contributed by atoms with van der Waals surface area (Å²) >= 11 is 0. The van der Waals surface area contributed by atoms with Crippen molar-refractivity contribution in [1.29, 1.82) is 0 Å². The van der Waals surface area contributed by atoms with Gasteiger partial charge in [0.05, 0.1) is 6.26 Å². The molecule has 9 heteroatoms. The van der Waals surface area contributed by atoms with Gasteiger partial charge in [-0.3, -0.25) is 4.72 Å². The highest BCUT2D eigenvalue weighted by Crippen LogP contribution is 2.17. The van der Waals surface area contributed by atoms with Crippen molar-refractivity contribution in [3.63, 3.8) is 0 Å². The molecular weight excluding hydrogens is 316 g/mol. The van der Waals surface area contributed by atoms with Gasteiger partial charge in [-0.15, -0.1) is 0 Å². The van der Waals surface area contributed by atoms with Crippen LogP contribution in [0.3, 0.4) is 0 Å². The Morgan fingerprint density at radius 1 is 0.952 bits per heavy atom. The quantitative estimate of drug-likeness (QED) is 0.828. The van der Waals surface area contributed by atoms with Gasteiger partial charge in [0.25, 0.3) is 10.0 Å². The lowest BCUT2D eigenvalue weighted by molar-refractivity contribution is 0.479. The van der Waals surface area contributed by atoms with Gasteiger partial charge in [-0.1, -0.05) is 24.3 Å². The van der Waals surface area contributed by atoms with Crippen molar-refractivity contribution < 1.29 is 21.0 Å². The summed E-state index contributed by atoms with van der Waals surface area (Å²) in [6.07, 6.45) is 0.845. The van der Waals surface area contributed by atoms with Crippen molar-refractivity contribution in [3.8, 4) is 5.88 Å². The first-order chi connectivity index (χ1) is 9.76. The Bertz CT molecular complexity index is 833. The van der Waals surface area contributed by atoms with E-state index < -0.39 is 20.1 Å². The van der Waals surface area contributed by atoms with E-state index in [0.717, 1.165) is 6.26 Å². The second kappa shape index (κ2) is 5.70. The molecule has 7 nitrogen and oxygen atoms in total. The van der Waals surface area contributed by atoms with Gasteiger partial charge in [0.1, 0.15) is 0 Å². The number of sulfonamides is 1. The molecule has 112 valence electrons. The second-order valence-corrected chi connectivity index (χ2v) is 7.28. The molecule has 0 aliphatic heterocycles. The number of hydrogen-bond acceptors (Lipinski definition) is 6. The Morgan fingerprint density at radius 3 is 2.24 bits per heavy atom. The predicted molar refractivity (Wildman–Crippen MR) is 77.0 cm³/mol. The number of anilines is 1. The van der Waals surface area contributed by atoms with Crippen LogP contribution in [-0.4, -0.2) is 28.1 Å². The van der Waals surface area contributed by atoms with Crippen LogP contribution < -0.4 is 8.91 Å². The predicted octanol–water partition coefficient (Wildman–Crippen LogP) is 1.22. The third kappa shape index (κ3) is 4.43. The zero-order chi connectivity index (χ0) is 15.5. The maximum absolute atomic E-state index is 12.1. The molecule has 1 N–H and O–H groups in total. The molecule has 0 spiro atoms. The topological polar surface area (TPSA) is 102 Å². The van der Waals surface area contributed by atoms with E-state index in [1.54, 1.807) is 30.3 Å². The first kappa shape index (κ1) is 15.3. The second-order valence-electron chi connectivity index (χ2n) is 4.07. The van der Waals surface area contributed by atoms with Crippen molar-refractivity contribution in [3.05, 3.63) is 48.5 Å². The van der Waals surface area contributed by atoms with Crippen molar-refractivity contribution in [2.75, 3.05) is 11.0 Å². The summed E-state index contributed by atoms with van der Waals surface area (Å²) in [4.78, 5) is 3.67. The Kier molecular flexibility index (Phi) is 4.14. The summed E-state index contributed by atoms with van der Waals surface area (Å²) < 4.78 is 53.2. The number of nitrogens with zero attached hydrogens (tertiary/aromatic N) is 1. The van der Waals surface area contributed by atoms with E-state index in [1.807, 2.05) is 0 Å². The van der Waals surface area contributed by atoms with Gasteiger partial charge in [0, 0.05) is 11.8 Å². The number of nitrogens with one attached hydrogen (secondary N) is 1. The number of rotatable bonds is 5. The van der Waals surface area contributed by atoms with Gasteiger partial charge in [-0.25, -0.2) is 0 Å². The van der Waals surface area contributed by atoms with E-state index in [1.165, 1.54) is 18.2 Å². The minimum absolute atomic E-state index is 0.312. The van der Waals surface area contributed by atoms with Gasteiger partial charge >= 0.3 is 10.1 Å². The summed E-state index contributed by atoms with van der Waals surface area (Å²) in [6.45, 7) is 0. The summed E-state index contributed by atoms with van der Waals surface area (Å²) in [6, 6.07) is 12.1. The zero-order valence-electron chi connectivity index (χ0n) is 10.9. The van der Waals surface area contributed by atoms with Crippen LogP contribution in [0.25, 0.3) is 0 Å². The number of hydrogen-bond donors (Lipinski definition) is 1. The molecule has 0 radical (unpaired) electrons. The lowest BCUT2D eigenvalue weighted by Gasteiger charge is -2.08. The lowest BCUT2D eigenvalue weighted by atomic mass is 10.3. The highest BCUT2D eigenvalue weighted by atomic mass is 32.2. The Hall–Kier alpha value is -2.13. The van der Waals surface area contributed by atoms with Crippen molar-refractivity contribution in [2.24, 2.45) is 0 Å². The molecule has 0 fully saturated rings. The number of aromatic nitrogens is 1. The van der Waals surface area contributed by atoms with Crippen molar-refractivity contribution in [1.82, 2.24) is 4.98 Å². The fourth-order valence-electron chi connectivity index (χ4n) is 1.46. The molecule has 1 aromatic heterocycles. The highest BCUT2D eigenvalue weighted by Gasteiger charge is 2.17. The Balaban J connectivity index is 2.30. The van der Waals surface area contributed by atoms with E-state index in [4.69, 9.17) is 0 Å². The summed E-state index contributed by atoms with van der Waals surface area (Å²) in [7, 11) is -7.70. The van der Waals surface area contributed by atoms with Crippen LogP contribution in [0, 0.1) is 0 Å². The van der Waals surface area contributed by atoms with E-state index >= 15 is 0 Å². The molecule has 0 atom stereocenters. The lowest BCUT2D eigenvalue weighted by Crippen LogP contribution is -2.15. The van der Waals surface area contributed by atoms with Crippen LogP contribution >= 0.6 is 0 Å². The van der Waals surface area contributed by atoms with Gasteiger partial charge in [0.15, 0.2) is 5.03 Å². The number of benzene rings is 1. The maximum atomic E-state index is 12.1. The average Bonchev–Trinajstić information content (AvgIpc) is 2.37. The Labute approximate surface area is 122 Å².